The van der Waals surface area contributed by atoms with Gasteiger partial charge < -0.3 is 24.5 Å². The zero-order chi connectivity index (χ0) is 27.6. The molecule has 0 radical (unpaired) electrons. The second kappa shape index (κ2) is 11.5. The number of aromatic hydroxyl groups is 1. The van der Waals surface area contributed by atoms with Gasteiger partial charge in [-0.15, -0.1) is 0 Å². The van der Waals surface area contributed by atoms with Gasteiger partial charge in [0.2, 0.25) is 5.91 Å². The van der Waals surface area contributed by atoms with Crippen LogP contribution in [0.2, 0.25) is 0 Å². The fourth-order valence-corrected chi connectivity index (χ4v) is 6.24. The highest BCUT2D eigenvalue weighted by atomic mass is 16.5. The monoisotopic (exact) mass is 544 g/mol. The number of benzene rings is 2. The van der Waals surface area contributed by atoms with Crippen molar-refractivity contribution < 1.29 is 14.6 Å². The summed E-state index contributed by atoms with van der Waals surface area (Å²) < 4.78 is 6.21. The molecule has 0 bridgehead atoms. The predicted molar refractivity (Wildman–Crippen MR) is 157 cm³/mol. The maximum absolute atomic E-state index is 11.9. The van der Waals surface area contributed by atoms with Crippen molar-refractivity contribution in [1.29, 1.82) is 0 Å². The van der Waals surface area contributed by atoms with E-state index in [4.69, 9.17) is 14.7 Å². The van der Waals surface area contributed by atoms with Gasteiger partial charge in [-0.1, -0.05) is 31.2 Å². The molecule has 0 unspecified atom stereocenters. The van der Waals surface area contributed by atoms with Crippen molar-refractivity contribution >= 4 is 28.2 Å². The van der Waals surface area contributed by atoms with Gasteiger partial charge in [-0.3, -0.25) is 9.69 Å². The van der Waals surface area contributed by atoms with Crippen LogP contribution in [0.5, 0.6) is 11.8 Å². The van der Waals surface area contributed by atoms with Gasteiger partial charge in [0, 0.05) is 68.9 Å². The van der Waals surface area contributed by atoms with Crippen LogP contribution in [0.1, 0.15) is 37.9 Å². The molecule has 6 rings (SSSR count). The third-order valence-corrected chi connectivity index (χ3v) is 8.73. The Morgan fingerprint density at radius 2 is 1.77 bits per heavy atom. The lowest BCUT2D eigenvalue weighted by Gasteiger charge is -2.38. The van der Waals surface area contributed by atoms with E-state index in [0.29, 0.717) is 32.3 Å². The summed E-state index contributed by atoms with van der Waals surface area (Å²) in [4.78, 5) is 30.8. The Bertz CT molecular complexity index is 1360. The van der Waals surface area contributed by atoms with E-state index in [1.165, 1.54) is 12.8 Å². The highest BCUT2D eigenvalue weighted by Crippen LogP contribution is 2.36. The SMILES string of the molecule is CC(=O)N1CCN(c2nc(OCCN3CCC(C)CC3)nc3c2CCN(c2cc(O)cc4ccccc24)C3)CC1. The number of phenols is 1. The summed E-state index contributed by atoms with van der Waals surface area (Å²) in [7, 11) is 0. The fraction of sp³-hybridized carbons (Fsp3) is 0.516. The Balaban J connectivity index is 1.26. The number of ether oxygens (including phenoxy) is 1. The standard InChI is InChI=1S/C31H40N6O3/c1-22-7-10-34(11-8-22)17-18-40-31-32-28-21-37(29-20-25(39)19-24-5-3-4-6-26(24)29)12-9-27(28)30(33-31)36-15-13-35(14-16-36)23(2)38/h3-6,19-20,22,39H,7-18,21H2,1-2H3. The summed E-state index contributed by atoms with van der Waals surface area (Å²) in [5, 5.41) is 12.6. The number of fused-ring (bicyclic) bond motifs is 2. The minimum Gasteiger partial charge on any atom is -0.508 e. The molecule has 2 saturated heterocycles. The summed E-state index contributed by atoms with van der Waals surface area (Å²) in [5.74, 6) is 2.13. The lowest BCUT2D eigenvalue weighted by atomic mass is 9.99. The number of anilines is 2. The molecule has 3 aromatic rings. The topological polar surface area (TPSA) is 85.3 Å². The van der Waals surface area contributed by atoms with Crippen LogP contribution in [0, 0.1) is 5.92 Å². The maximum atomic E-state index is 11.9. The van der Waals surface area contributed by atoms with Gasteiger partial charge in [-0.25, -0.2) is 0 Å². The minimum absolute atomic E-state index is 0.120. The lowest BCUT2D eigenvalue weighted by molar-refractivity contribution is -0.129. The van der Waals surface area contributed by atoms with Crippen molar-refractivity contribution in [3.05, 3.63) is 47.7 Å². The van der Waals surface area contributed by atoms with Gasteiger partial charge in [-0.2, -0.15) is 9.97 Å². The average Bonchev–Trinajstić information content (AvgIpc) is 2.97. The van der Waals surface area contributed by atoms with E-state index in [9.17, 15) is 9.90 Å². The molecular weight excluding hydrogens is 504 g/mol. The summed E-state index contributed by atoms with van der Waals surface area (Å²) in [6.07, 6.45) is 3.28. The Morgan fingerprint density at radius 1 is 1.00 bits per heavy atom. The molecule has 1 aromatic heterocycles. The van der Waals surface area contributed by atoms with Crippen molar-refractivity contribution in [2.45, 2.75) is 39.7 Å². The Hall–Kier alpha value is -3.59. The molecule has 212 valence electrons. The first-order chi connectivity index (χ1) is 19.4. The number of piperazine rings is 1. The van der Waals surface area contributed by atoms with E-state index in [-0.39, 0.29) is 11.7 Å². The summed E-state index contributed by atoms with van der Waals surface area (Å²) in [5.41, 5.74) is 3.15. The number of amides is 1. The number of hydrogen-bond donors (Lipinski definition) is 1. The third kappa shape index (κ3) is 5.66. The Kier molecular flexibility index (Phi) is 7.65. The molecule has 1 N–H and O–H groups in total. The summed E-state index contributed by atoms with van der Waals surface area (Å²) >= 11 is 0. The molecule has 40 heavy (non-hydrogen) atoms. The quantitative estimate of drug-likeness (QED) is 0.503. The van der Waals surface area contributed by atoms with E-state index in [1.807, 2.05) is 35.2 Å². The number of hydrogen-bond acceptors (Lipinski definition) is 8. The van der Waals surface area contributed by atoms with Crippen LogP contribution in [-0.4, -0.2) is 89.7 Å². The largest absolute Gasteiger partial charge is 0.508 e. The van der Waals surface area contributed by atoms with Crippen LogP contribution < -0.4 is 14.5 Å². The molecule has 0 saturated carbocycles. The summed E-state index contributed by atoms with van der Waals surface area (Å²) in [6.45, 7) is 11.9. The van der Waals surface area contributed by atoms with Crippen molar-refractivity contribution in [1.82, 2.24) is 19.8 Å². The van der Waals surface area contributed by atoms with E-state index < -0.39 is 0 Å². The lowest BCUT2D eigenvalue weighted by Crippen LogP contribution is -2.49. The number of phenolic OH excluding ortho intramolecular Hbond substituents is 1. The Morgan fingerprint density at radius 3 is 2.55 bits per heavy atom. The van der Waals surface area contributed by atoms with Crippen LogP contribution in [0.25, 0.3) is 10.8 Å². The molecule has 1 amide bonds. The number of piperidine rings is 1. The second-order valence-corrected chi connectivity index (χ2v) is 11.5. The molecule has 3 aliphatic heterocycles. The summed E-state index contributed by atoms with van der Waals surface area (Å²) in [6, 6.07) is 12.3. The zero-order valence-corrected chi connectivity index (χ0v) is 23.7. The molecular formula is C31H40N6O3. The number of carbonyl (C=O) groups excluding carboxylic acids is 1. The van der Waals surface area contributed by atoms with E-state index in [0.717, 1.165) is 85.1 Å². The molecule has 2 aromatic carbocycles. The number of rotatable bonds is 6. The first kappa shape index (κ1) is 26.6. The highest BCUT2D eigenvalue weighted by Gasteiger charge is 2.29. The number of aromatic nitrogens is 2. The number of likely N-dealkylation sites (tertiary alicyclic amines) is 1. The van der Waals surface area contributed by atoms with Gasteiger partial charge >= 0.3 is 6.01 Å². The zero-order valence-electron chi connectivity index (χ0n) is 23.7. The van der Waals surface area contributed by atoms with Crippen molar-refractivity contribution in [3.8, 4) is 11.8 Å². The minimum atomic E-state index is 0.120. The van der Waals surface area contributed by atoms with Gasteiger partial charge in [0.05, 0.1) is 12.2 Å². The van der Waals surface area contributed by atoms with Crippen LogP contribution in [-0.2, 0) is 17.8 Å². The fourth-order valence-electron chi connectivity index (χ4n) is 6.24. The smallest absolute Gasteiger partial charge is 0.318 e. The number of carbonyl (C=O) groups is 1. The van der Waals surface area contributed by atoms with Gasteiger partial charge in [0.1, 0.15) is 18.2 Å². The highest BCUT2D eigenvalue weighted by molar-refractivity contribution is 5.95. The Labute approximate surface area is 236 Å². The van der Waals surface area contributed by atoms with Crippen molar-refractivity contribution in [2.24, 2.45) is 5.92 Å². The van der Waals surface area contributed by atoms with Crippen LogP contribution in [0.3, 0.4) is 0 Å². The van der Waals surface area contributed by atoms with Crippen LogP contribution in [0.4, 0.5) is 11.5 Å². The first-order valence-corrected chi connectivity index (χ1v) is 14.7. The second-order valence-electron chi connectivity index (χ2n) is 11.5. The molecule has 0 aliphatic carbocycles. The molecule has 9 nitrogen and oxygen atoms in total. The van der Waals surface area contributed by atoms with E-state index >= 15 is 0 Å². The molecule has 0 spiro atoms. The van der Waals surface area contributed by atoms with Gasteiger partial charge in [-0.05, 0) is 49.7 Å². The third-order valence-electron chi connectivity index (χ3n) is 8.73. The van der Waals surface area contributed by atoms with Gasteiger partial charge in [0.15, 0.2) is 0 Å². The van der Waals surface area contributed by atoms with Crippen molar-refractivity contribution in [2.75, 3.05) is 68.8 Å². The normalized spacial score (nSPS) is 18.7. The molecule has 0 atom stereocenters. The molecule has 9 heteroatoms. The van der Waals surface area contributed by atoms with E-state index in [1.54, 1.807) is 6.92 Å². The molecule has 4 heterocycles. The van der Waals surface area contributed by atoms with Gasteiger partial charge in [0.25, 0.3) is 0 Å². The van der Waals surface area contributed by atoms with Crippen LogP contribution in [0.15, 0.2) is 36.4 Å². The molecule has 3 aliphatic rings. The van der Waals surface area contributed by atoms with Crippen molar-refractivity contribution in [3.63, 3.8) is 0 Å². The first-order valence-electron chi connectivity index (χ1n) is 14.7. The van der Waals surface area contributed by atoms with Crippen LogP contribution >= 0.6 is 0 Å². The van der Waals surface area contributed by atoms with E-state index in [2.05, 4.69) is 27.7 Å². The molecule has 2 fully saturated rings. The average molecular weight is 545 g/mol. The number of nitrogens with zero attached hydrogens (tertiary/aromatic N) is 6. The predicted octanol–water partition coefficient (Wildman–Crippen LogP) is 3.68. The maximum Gasteiger partial charge on any atom is 0.318 e.